The zero-order valence-electron chi connectivity index (χ0n) is 13.8. The SMILES string of the molecule is CCC(C#N)(CCCSCc1cccc(C)c1)NC(C)C. The summed E-state index contributed by atoms with van der Waals surface area (Å²) in [5.74, 6) is 2.17. The van der Waals surface area contributed by atoms with Crippen LogP contribution in [-0.4, -0.2) is 17.3 Å². The maximum absolute atomic E-state index is 9.47. The Bertz CT molecular complexity index is 465. The van der Waals surface area contributed by atoms with Crippen LogP contribution in [0.15, 0.2) is 24.3 Å². The fourth-order valence-electron chi connectivity index (χ4n) is 2.54. The topological polar surface area (TPSA) is 35.8 Å². The monoisotopic (exact) mass is 304 g/mol. The molecule has 2 nitrogen and oxygen atoms in total. The average Bonchev–Trinajstić information content (AvgIpc) is 2.45. The molecule has 0 radical (unpaired) electrons. The summed E-state index contributed by atoms with van der Waals surface area (Å²) in [6.45, 7) is 8.44. The van der Waals surface area contributed by atoms with Crippen molar-refractivity contribution in [2.75, 3.05) is 5.75 Å². The highest BCUT2D eigenvalue weighted by atomic mass is 32.2. The predicted octanol–water partition coefficient (Wildman–Crippen LogP) is 4.68. The highest BCUT2D eigenvalue weighted by Crippen LogP contribution is 2.21. The molecule has 0 aromatic heterocycles. The fourth-order valence-corrected chi connectivity index (χ4v) is 3.45. The fraction of sp³-hybridized carbons (Fsp3) is 0.611. The van der Waals surface area contributed by atoms with Crippen LogP contribution >= 0.6 is 11.8 Å². The van der Waals surface area contributed by atoms with Crippen LogP contribution in [0.1, 0.15) is 51.2 Å². The second kappa shape index (κ2) is 9.12. The van der Waals surface area contributed by atoms with Gasteiger partial charge in [-0.25, -0.2) is 0 Å². The van der Waals surface area contributed by atoms with Gasteiger partial charge in [0, 0.05) is 11.8 Å². The zero-order chi connectivity index (χ0) is 15.7. The Morgan fingerprint density at radius 1 is 1.38 bits per heavy atom. The third-order valence-electron chi connectivity index (χ3n) is 3.63. The number of hydrogen-bond acceptors (Lipinski definition) is 3. The molecule has 0 amide bonds. The van der Waals surface area contributed by atoms with E-state index in [-0.39, 0.29) is 5.54 Å². The Hall–Kier alpha value is -0.980. The molecule has 0 aliphatic rings. The summed E-state index contributed by atoms with van der Waals surface area (Å²) >= 11 is 1.96. The van der Waals surface area contributed by atoms with Gasteiger partial charge in [0.1, 0.15) is 5.54 Å². The summed E-state index contributed by atoms with van der Waals surface area (Å²) in [5, 5.41) is 12.9. The molecule has 1 aromatic carbocycles. The number of aryl methyl sites for hydroxylation is 1. The van der Waals surface area contributed by atoms with Crippen molar-refractivity contribution < 1.29 is 0 Å². The van der Waals surface area contributed by atoms with Gasteiger partial charge in [0.2, 0.25) is 0 Å². The molecule has 0 aliphatic carbocycles. The Balaban J connectivity index is 2.33. The first-order valence-electron chi connectivity index (χ1n) is 7.83. The van der Waals surface area contributed by atoms with E-state index in [4.69, 9.17) is 0 Å². The molecule has 0 saturated carbocycles. The molecule has 0 fully saturated rings. The molecule has 1 unspecified atom stereocenters. The van der Waals surface area contributed by atoms with Crippen LogP contribution in [0, 0.1) is 18.3 Å². The maximum atomic E-state index is 9.47. The molecular weight excluding hydrogens is 276 g/mol. The van der Waals surface area contributed by atoms with Crippen molar-refractivity contribution in [1.29, 1.82) is 5.26 Å². The van der Waals surface area contributed by atoms with Crippen molar-refractivity contribution in [3.05, 3.63) is 35.4 Å². The van der Waals surface area contributed by atoms with E-state index < -0.39 is 0 Å². The van der Waals surface area contributed by atoms with Gasteiger partial charge in [-0.3, -0.25) is 5.32 Å². The van der Waals surface area contributed by atoms with Crippen molar-refractivity contribution in [2.45, 2.75) is 64.3 Å². The van der Waals surface area contributed by atoms with E-state index in [0.717, 1.165) is 30.8 Å². The molecular formula is C18H28N2S. The van der Waals surface area contributed by atoms with Crippen LogP contribution in [0.5, 0.6) is 0 Å². The minimum atomic E-state index is -0.349. The second-order valence-corrected chi connectivity index (χ2v) is 7.10. The van der Waals surface area contributed by atoms with E-state index in [2.05, 4.69) is 63.3 Å². The molecule has 0 spiro atoms. The summed E-state index contributed by atoms with van der Waals surface area (Å²) < 4.78 is 0. The predicted molar refractivity (Wildman–Crippen MR) is 93.5 cm³/mol. The summed E-state index contributed by atoms with van der Waals surface area (Å²) in [6.07, 6.45) is 2.88. The van der Waals surface area contributed by atoms with Crippen LogP contribution < -0.4 is 5.32 Å². The number of nitriles is 1. The van der Waals surface area contributed by atoms with Crippen LogP contribution in [0.25, 0.3) is 0 Å². The molecule has 1 rings (SSSR count). The van der Waals surface area contributed by atoms with Gasteiger partial charge in [-0.2, -0.15) is 17.0 Å². The van der Waals surface area contributed by atoms with Gasteiger partial charge in [0.05, 0.1) is 6.07 Å². The molecule has 21 heavy (non-hydrogen) atoms. The Morgan fingerprint density at radius 2 is 2.14 bits per heavy atom. The standard InChI is InChI=1S/C18H28N2S/c1-5-18(14-19,20-15(2)3)10-7-11-21-13-17-9-6-8-16(4)12-17/h6,8-9,12,15,20H,5,7,10-11,13H2,1-4H3. The van der Waals surface area contributed by atoms with Gasteiger partial charge in [-0.05, 0) is 51.3 Å². The van der Waals surface area contributed by atoms with Gasteiger partial charge in [-0.1, -0.05) is 36.8 Å². The Labute approximate surface area is 134 Å². The zero-order valence-corrected chi connectivity index (χ0v) is 14.6. The lowest BCUT2D eigenvalue weighted by atomic mass is 9.91. The highest BCUT2D eigenvalue weighted by Gasteiger charge is 2.27. The summed E-state index contributed by atoms with van der Waals surface area (Å²) in [5.41, 5.74) is 2.36. The van der Waals surface area contributed by atoms with Crippen LogP contribution in [0.2, 0.25) is 0 Å². The quantitative estimate of drug-likeness (QED) is 0.673. The first-order valence-corrected chi connectivity index (χ1v) is 8.99. The lowest BCUT2D eigenvalue weighted by Crippen LogP contribution is -2.47. The summed E-state index contributed by atoms with van der Waals surface area (Å²) in [7, 11) is 0. The van der Waals surface area contributed by atoms with Gasteiger partial charge in [-0.15, -0.1) is 0 Å². The summed E-state index contributed by atoms with van der Waals surface area (Å²) in [6, 6.07) is 11.5. The van der Waals surface area contributed by atoms with E-state index >= 15 is 0 Å². The maximum Gasteiger partial charge on any atom is 0.106 e. The number of thioether (sulfide) groups is 1. The molecule has 0 saturated heterocycles. The molecule has 1 N–H and O–H groups in total. The Morgan fingerprint density at radius 3 is 2.71 bits per heavy atom. The highest BCUT2D eigenvalue weighted by molar-refractivity contribution is 7.98. The number of nitrogens with one attached hydrogen (secondary N) is 1. The van der Waals surface area contributed by atoms with Crippen molar-refractivity contribution in [3.63, 3.8) is 0 Å². The normalized spacial score (nSPS) is 13.9. The molecule has 116 valence electrons. The van der Waals surface area contributed by atoms with Crippen molar-refractivity contribution in [3.8, 4) is 6.07 Å². The molecule has 0 heterocycles. The van der Waals surface area contributed by atoms with Crippen LogP contribution in [0.4, 0.5) is 0 Å². The van der Waals surface area contributed by atoms with E-state index in [0.29, 0.717) is 6.04 Å². The molecule has 0 aliphatic heterocycles. The van der Waals surface area contributed by atoms with Crippen LogP contribution in [0.3, 0.4) is 0 Å². The summed E-state index contributed by atoms with van der Waals surface area (Å²) in [4.78, 5) is 0. The molecule has 0 bridgehead atoms. The second-order valence-electron chi connectivity index (χ2n) is 5.99. The van der Waals surface area contributed by atoms with Crippen molar-refractivity contribution in [1.82, 2.24) is 5.32 Å². The van der Waals surface area contributed by atoms with Gasteiger partial charge in [0.25, 0.3) is 0 Å². The van der Waals surface area contributed by atoms with Gasteiger partial charge in [0.15, 0.2) is 0 Å². The molecule has 3 heteroatoms. The minimum Gasteiger partial charge on any atom is -0.297 e. The number of nitrogens with zero attached hydrogens (tertiary/aromatic N) is 1. The largest absolute Gasteiger partial charge is 0.297 e. The van der Waals surface area contributed by atoms with Gasteiger partial charge < -0.3 is 0 Å². The third kappa shape index (κ3) is 6.54. The van der Waals surface area contributed by atoms with Crippen LogP contribution in [-0.2, 0) is 5.75 Å². The van der Waals surface area contributed by atoms with E-state index in [9.17, 15) is 5.26 Å². The molecule has 1 aromatic rings. The number of rotatable bonds is 9. The smallest absolute Gasteiger partial charge is 0.106 e. The number of hydrogen-bond donors (Lipinski definition) is 1. The lowest BCUT2D eigenvalue weighted by Gasteiger charge is -2.29. The lowest BCUT2D eigenvalue weighted by molar-refractivity contribution is 0.341. The Kier molecular flexibility index (Phi) is 7.85. The van der Waals surface area contributed by atoms with E-state index in [1.165, 1.54) is 11.1 Å². The first-order chi connectivity index (χ1) is 10.0. The van der Waals surface area contributed by atoms with E-state index in [1.807, 2.05) is 11.8 Å². The minimum absolute atomic E-state index is 0.349. The molecule has 1 atom stereocenters. The van der Waals surface area contributed by atoms with Crippen molar-refractivity contribution in [2.24, 2.45) is 0 Å². The first kappa shape index (κ1) is 18.1. The number of benzene rings is 1. The third-order valence-corrected chi connectivity index (χ3v) is 4.74. The van der Waals surface area contributed by atoms with E-state index in [1.54, 1.807) is 0 Å². The average molecular weight is 305 g/mol. The van der Waals surface area contributed by atoms with Crippen molar-refractivity contribution >= 4 is 11.8 Å². The van der Waals surface area contributed by atoms with Gasteiger partial charge >= 0.3 is 0 Å².